The first kappa shape index (κ1) is 13.0. The van der Waals surface area contributed by atoms with Gasteiger partial charge in [0.05, 0.1) is 0 Å². The number of rotatable bonds is 4. The molecule has 0 spiro atoms. The molecule has 0 aliphatic heterocycles. The zero-order valence-corrected chi connectivity index (χ0v) is 10.9. The van der Waals surface area contributed by atoms with Crippen LogP contribution in [0.25, 0.3) is 0 Å². The maximum atomic E-state index is 11.7. The van der Waals surface area contributed by atoms with Crippen molar-refractivity contribution in [2.45, 2.75) is 33.1 Å². The summed E-state index contributed by atoms with van der Waals surface area (Å²) in [6.07, 6.45) is 3.00. The molecule has 16 heavy (non-hydrogen) atoms. The van der Waals surface area contributed by atoms with Crippen molar-refractivity contribution >= 4 is 16.9 Å². The predicted octanol–water partition coefficient (Wildman–Crippen LogP) is 4.61. The van der Waals surface area contributed by atoms with Crippen LogP contribution in [-0.2, 0) is 0 Å². The Morgan fingerprint density at radius 1 is 1.38 bits per heavy atom. The summed E-state index contributed by atoms with van der Waals surface area (Å²) in [5, 5.41) is 1.92. The van der Waals surface area contributed by atoms with Gasteiger partial charge >= 0.3 is 0 Å². The summed E-state index contributed by atoms with van der Waals surface area (Å²) >= 11 is 1.23. The quantitative estimate of drug-likeness (QED) is 0.757. The maximum absolute atomic E-state index is 11.7. The zero-order chi connectivity index (χ0) is 12.0. The van der Waals surface area contributed by atoms with Gasteiger partial charge < -0.3 is 0 Å². The lowest BCUT2D eigenvalue weighted by molar-refractivity contribution is 0.109. The molecule has 86 valence electrons. The summed E-state index contributed by atoms with van der Waals surface area (Å²) in [5.74, 6) is 0.562. The molecule has 1 aromatic rings. The highest BCUT2D eigenvalue weighted by atomic mass is 32.2. The van der Waals surface area contributed by atoms with E-state index in [1.807, 2.05) is 30.5 Å². The standard InChI is InChI=1S/C14H18OS/c1-4-10-16-14(15)13-8-6-12(7-9-13)11(3)5-2/h4,6-11H,5H2,1-3H3/b10-4+. The lowest BCUT2D eigenvalue weighted by Crippen LogP contribution is -1.95. The van der Waals surface area contributed by atoms with E-state index in [0.717, 1.165) is 12.0 Å². The van der Waals surface area contributed by atoms with E-state index in [-0.39, 0.29) is 5.12 Å². The van der Waals surface area contributed by atoms with Crippen LogP contribution in [0.3, 0.4) is 0 Å². The minimum absolute atomic E-state index is 0.105. The summed E-state index contributed by atoms with van der Waals surface area (Å²) in [6, 6.07) is 7.94. The van der Waals surface area contributed by atoms with Gasteiger partial charge in [0.2, 0.25) is 5.12 Å². The lowest BCUT2D eigenvalue weighted by Gasteiger charge is -2.08. The average molecular weight is 234 g/mol. The fourth-order valence-electron chi connectivity index (χ4n) is 1.38. The lowest BCUT2D eigenvalue weighted by atomic mass is 9.98. The molecule has 0 aromatic heterocycles. The fraction of sp³-hybridized carbons (Fsp3) is 0.357. The van der Waals surface area contributed by atoms with Crippen LogP contribution in [0.4, 0.5) is 0 Å². The van der Waals surface area contributed by atoms with Gasteiger partial charge in [-0.3, -0.25) is 4.79 Å². The summed E-state index contributed by atoms with van der Waals surface area (Å²) in [6.45, 7) is 6.28. The molecule has 0 saturated carbocycles. The summed E-state index contributed by atoms with van der Waals surface area (Å²) < 4.78 is 0. The van der Waals surface area contributed by atoms with Crippen molar-refractivity contribution in [3.63, 3.8) is 0 Å². The van der Waals surface area contributed by atoms with Crippen LogP contribution in [0, 0.1) is 0 Å². The Morgan fingerprint density at radius 2 is 2.00 bits per heavy atom. The van der Waals surface area contributed by atoms with Gasteiger partial charge in [-0.25, -0.2) is 0 Å². The van der Waals surface area contributed by atoms with E-state index < -0.39 is 0 Å². The first-order valence-electron chi connectivity index (χ1n) is 5.61. The third-order valence-corrected chi connectivity index (χ3v) is 3.50. The van der Waals surface area contributed by atoms with Gasteiger partial charge in [0.15, 0.2) is 0 Å². The van der Waals surface area contributed by atoms with Crippen molar-refractivity contribution in [2.75, 3.05) is 0 Å². The molecule has 0 fully saturated rings. The predicted molar refractivity (Wildman–Crippen MR) is 71.9 cm³/mol. The molecular formula is C14H18OS. The number of carbonyl (C=O) groups excluding carboxylic acids is 1. The topological polar surface area (TPSA) is 17.1 Å². The second-order valence-electron chi connectivity index (χ2n) is 3.81. The summed E-state index contributed by atoms with van der Waals surface area (Å²) in [7, 11) is 0. The maximum Gasteiger partial charge on any atom is 0.223 e. The van der Waals surface area contributed by atoms with Crippen LogP contribution in [-0.4, -0.2) is 5.12 Å². The van der Waals surface area contributed by atoms with Crippen molar-refractivity contribution in [3.8, 4) is 0 Å². The van der Waals surface area contributed by atoms with Crippen LogP contribution in [0.1, 0.15) is 49.0 Å². The van der Waals surface area contributed by atoms with Gasteiger partial charge in [0, 0.05) is 5.56 Å². The number of benzene rings is 1. The van der Waals surface area contributed by atoms with Gasteiger partial charge in [-0.05, 0) is 30.2 Å². The Bertz CT molecular complexity index is 365. The minimum Gasteiger partial charge on any atom is -0.281 e. The number of hydrogen-bond acceptors (Lipinski definition) is 2. The van der Waals surface area contributed by atoms with Gasteiger partial charge in [-0.15, -0.1) is 0 Å². The van der Waals surface area contributed by atoms with Gasteiger partial charge in [-0.1, -0.05) is 56.0 Å². The molecule has 1 unspecified atom stereocenters. The Morgan fingerprint density at radius 3 is 2.50 bits per heavy atom. The highest BCUT2D eigenvalue weighted by Crippen LogP contribution is 2.20. The second kappa shape index (κ2) is 6.54. The fourth-order valence-corrected chi connectivity index (χ4v) is 1.91. The monoisotopic (exact) mass is 234 g/mol. The van der Waals surface area contributed by atoms with Crippen LogP contribution in [0.5, 0.6) is 0 Å². The third kappa shape index (κ3) is 3.53. The smallest absolute Gasteiger partial charge is 0.223 e. The molecule has 1 rings (SSSR count). The van der Waals surface area contributed by atoms with E-state index in [2.05, 4.69) is 26.0 Å². The molecule has 1 nitrogen and oxygen atoms in total. The van der Waals surface area contributed by atoms with Crippen LogP contribution < -0.4 is 0 Å². The molecule has 0 radical (unpaired) electrons. The molecule has 0 aliphatic carbocycles. The van der Waals surface area contributed by atoms with Crippen LogP contribution in [0.15, 0.2) is 35.7 Å². The molecule has 0 saturated heterocycles. The normalized spacial score (nSPS) is 12.9. The van der Waals surface area contributed by atoms with Crippen molar-refractivity contribution in [1.29, 1.82) is 0 Å². The Hall–Kier alpha value is -1.02. The van der Waals surface area contributed by atoms with E-state index in [0.29, 0.717) is 5.92 Å². The molecule has 1 aromatic carbocycles. The molecule has 2 heteroatoms. The number of thioether (sulfide) groups is 1. The Kier molecular flexibility index (Phi) is 5.33. The van der Waals surface area contributed by atoms with E-state index >= 15 is 0 Å². The molecule has 0 amide bonds. The number of hydrogen-bond donors (Lipinski definition) is 0. The van der Waals surface area contributed by atoms with E-state index in [1.165, 1.54) is 17.3 Å². The Balaban J connectivity index is 2.74. The summed E-state index contributed by atoms with van der Waals surface area (Å²) in [5.41, 5.74) is 2.07. The van der Waals surface area contributed by atoms with Crippen LogP contribution in [0.2, 0.25) is 0 Å². The highest BCUT2D eigenvalue weighted by Gasteiger charge is 2.06. The van der Waals surface area contributed by atoms with Gasteiger partial charge in [-0.2, -0.15) is 0 Å². The molecule has 0 aliphatic rings. The first-order chi connectivity index (χ1) is 7.69. The molecule has 1 atom stereocenters. The van der Waals surface area contributed by atoms with Crippen molar-refractivity contribution in [1.82, 2.24) is 0 Å². The molecule has 0 N–H and O–H groups in total. The van der Waals surface area contributed by atoms with E-state index in [9.17, 15) is 4.79 Å². The second-order valence-corrected chi connectivity index (χ2v) is 4.68. The van der Waals surface area contributed by atoms with Crippen molar-refractivity contribution in [3.05, 3.63) is 46.9 Å². The largest absolute Gasteiger partial charge is 0.281 e. The highest BCUT2D eigenvalue weighted by molar-refractivity contribution is 8.16. The van der Waals surface area contributed by atoms with Gasteiger partial charge in [0.25, 0.3) is 0 Å². The zero-order valence-electron chi connectivity index (χ0n) is 10.1. The van der Waals surface area contributed by atoms with Gasteiger partial charge in [0.1, 0.15) is 0 Å². The molecule has 0 heterocycles. The minimum atomic E-state index is 0.105. The molecular weight excluding hydrogens is 216 g/mol. The van der Waals surface area contributed by atoms with E-state index in [1.54, 1.807) is 0 Å². The van der Waals surface area contributed by atoms with Crippen molar-refractivity contribution in [2.24, 2.45) is 0 Å². The summed E-state index contributed by atoms with van der Waals surface area (Å²) in [4.78, 5) is 11.7. The first-order valence-corrected chi connectivity index (χ1v) is 6.49. The average Bonchev–Trinajstić information content (AvgIpc) is 2.35. The number of allylic oxidation sites excluding steroid dienone is 1. The SMILES string of the molecule is C/C=C/SC(=O)c1ccc(C(C)CC)cc1. The Labute approximate surface area is 102 Å². The number of carbonyl (C=O) groups is 1. The molecule has 0 bridgehead atoms. The van der Waals surface area contributed by atoms with Crippen molar-refractivity contribution < 1.29 is 4.79 Å². The van der Waals surface area contributed by atoms with E-state index in [4.69, 9.17) is 0 Å². The third-order valence-electron chi connectivity index (χ3n) is 2.64. The van der Waals surface area contributed by atoms with Crippen LogP contribution >= 0.6 is 11.8 Å².